The molecule has 2 N–H and O–H groups in total. The van der Waals surface area contributed by atoms with E-state index < -0.39 is 12.5 Å². The predicted molar refractivity (Wildman–Crippen MR) is 99.7 cm³/mol. The fourth-order valence-corrected chi connectivity index (χ4v) is 2.91. The minimum Gasteiger partial charge on any atom is -0.435 e. The zero-order valence-corrected chi connectivity index (χ0v) is 14.6. The molecular formula is C19H14F2N2O3S. The summed E-state index contributed by atoms with van der Waals surface area (Å²) in [6.45, 7) is -2.97. The highest BCUT2D eigenvalue weighted by Gasteiger charge is 2.11. The fraction of sp³-hybridized carbons (Fsp3) is 0.0526. The number of hydrogen-bond acceptors (Lipinski definition) is 4. The van der Waals surface area contributed by atoms with Crippen LogP contribution in [-0.4, -0.2) is 18.4 Å². The summed E-state index contributed by atoms with van der Waals surface area (Å²) in [5, 5.41) is 7.20. The number of thiophene rings is 1. The molecule has 0 radical (unpaired) electrons. The lowest BCUT2D eigenvalue weighted by Crippen LogP contribution is -2.13. The summed E-state index contributed by atoms with van der Waals surface area (Å²) in [5.41, 5.74) is 1.13. The van der Waals surface area contributed by atoms with E-state index in [-0.39, 0.29) is 17.2 Å². The number of hydrogen-bond donors (Lipinski definition) is 2. The van der Waals surface area contributed by atoms with E-state index in [4.69, 9.17) is 0 Å². The number of benzene rings is 2. The summed E-state index contributed by atoms with van der Waals surface area (Å²) < 4.78 is 28.9. The Hall–Kier alpha value is -3.26. The molecule has 27 heavy (non-hydrogen) atoms. The highest BCUT2D eigenvalue weighted by molar-refractivity contribution is 7.12. The summed E-state index contributed by atoms with van der Waals surface area (Å²) >= 11 is 1.32. The Balaban J connectivity index is 1.69. The Morgan fingerprint density at radius 3 is 2.26 bits per heavy atom. The molecule has 0 atom stereocenters. The number of ether oxygens (including phenoxy) is 1. The van der Waals surface area contributed by atoms with Gasteiger partial charge in [-0.1, -0.05) is 18.2 Å². The number of carbonyl (C=O) groups is 2. The van der Waals surface area contributed by atoms with Crippen LogP contribution >= 0.6 is 11.3 Å². The molecule has 3 aromatic rings. The standard InChI is InChI=1S/C19H14F2N2O3S/c20-19(21)26-15-7-1-4-12(10-15)17(24)22-13-5-2-6-14(11-13)23-18(25)16-8-3-9-27-16/h1-11,19H,(H,22,24)(H,23,25). The maximum absolute atomic E-state index is 12.3. The van der Waals surface area contributed by atoms with Crippen molar-refractivity contribution in [3.8, 4) is 5.75 Å². The first kappa shape index (κ1) is 18.5. The van der Waals surface area contributed by atoms with Gasteiger partial charge in [-0.05, 0) is 47.8 Å². The molecule has 5 nitrogen and oxygen atoms in total. The molecule has 1 heterocycles. The third-order valence-corrected chi connectivity index (χ3v) is 4.31. The van der Waals surface area contributed by atoms with E-state index in [1.165, 1.54) is 35.6 Å². The molecule has 0 spiro atoms. The third-order valence-electron chi connectivity index (χ3n) is 3.44. The van der Waals surface area contributed by atoms with Crippen molar-refractivity contribution in [1.29, 1.82) is 0 Å². The van der Waals surface area contributed by atoms with Gasteiger partial charge in [0.15, 0.2) is 0 Å². The highest BCUT2D eigenvalue weighted by Crippen LogP contribution is 2.20. The molecule has 0 saturated heterocycles. The monoisotopic (exact) mass is 388 g/mol. The highest BCUT2D eigenvalue weighted by atomic mass is 32.1. The van der Waals surface area contributed by atoms with E-state index in [9.17, 15) is 18.4 Å². The second-order valence-corrected chi connectivity index (χ2v) is 6.32. The Labute approximate surface area is 157 Å². The van der Waals surface area contributed by atoms with Crippen LogP contribution in [-0.2, 0) is 0 Å². The molecule has 0 bridgehead atoms. The van der Waals surface area contributed by atoms with Gasteiger partial charge in [0.05, 0.1) is 4.88 Å². The molecule has 0 aliphatic rings. The smallest absolute Gasteiger partial charge is 0.387 e. The quantitative estimate of drug-likeness (QED) is 0.634. The van der Waals surface area contributed by atoms with Crippen LogP contribution in [0.2, 0.25) is 0 Å². The largest absolute Gasteiger partial charge is 0.435 e. The van der Waals surface area contributed by atoms with Gasteiger partial charge in [0.25, 0.3) is 11.8 Å². The lowest BCUT2D eigenvalue weighted by Gasteiger charge is -2.10. The lowest BCUT2D eigenvalue weighted by molar-refractivity contribution is -0.0498. The van der Waals surface area contributed by atoms with Crippen LogP contribution in [0.3, 0.4) is 0 Å². The van der Waals surface area contributed by atoms with Crippen LogP contribution in [0.25, 0.3) is 0 Å². The number of halogens is 2. The first-order chi connectivity index (χ1) is 13.0. The molecule has 8 heteroatoms. The van der Waals surface area contributed by atoms with E-state index in [1.807, 2.05) is 0 Å². The Morgan fingerprint density at radius 2 is 1.59 bits per heavy atom. The minimum atomic E-state index is -2.97. The van der Waals surface area contributed by atoms with Gasteiger partial charge in [0, 0.05) is 16.9 Å². The van der Waals surface area contributed by atoms with Crippen molar-refractivity contribution in [3.05, 3.63) is 76.5 Å². The van der Waals surface area contributed by atoms with Gasteiger partial charge in [-0.25, -0.2) is 0 Å². The number of anilines is 2. The van der Waals surface area contributed by atoms with Crippen LogP contribution in [0.5, 0.6) is 5.75 Å². The summed E-state index contributed by atoms with van der Waals surface area (Å²) in [6.07, 6.45) is 0. The van der Waals surface area contributed by atoms with Gasteiger partial charge < -0.3 is 15.4 Å². The van der Waals surface area contributed by atoms with Gasteiger partial charge in [-0.15, -0.1) is 11.3 Å². The summed E-state index contributed by atoms with van der Waals surface area (Å²) in [5.74, 6) is -0.837. The molecule has 2 amide bonds. The third kappa shape index (κ3) is 5.11. The molecule has 0 aliphatic carbocycles. The maximum atomic E-state index is 12.3. The second kappa shape index (κ2) is 8.41. The average Bonchev–Trinajstić information content (AvgIpc) is 3.16. The van der Waals surface area contributed by atoms with Crippen LogP contribution in [0.15, 0.2) is 66.0 Å². The van der Waals surface area contributed by atoms with E-state index in [1.54, 1.807) is 41.8 Å². The molecule has 138 valence electrons. The van der Waals surface area contributed by atoms with Gasteiger partial charge in [0.2, 0.25) is 0 Å². The molecular weight excluding hydrogens is 374 g/mol. The molecule has 2 aromatic carbocycles. The summed E-state index contributed by atoms with van der Waals surface area (Å²) in [7, 11) is 0. The number of alkyl halides is 2. The first-order valence-corrected chi connectivity index (χ1v) is 8.70. The topological polar surface area (TPSA) is 67.4 Å². The van der Waals surface area contributed by atoms with Crippen molar-refractivity contribution in [2.45, 2.75) is 6.61 Å². The van der Waals surface area contributed by atoms with E-state index >= 15 is 0 Å². The van der Waals surface area contributed by atoms with E-state index in [0.29, 0.717) is 16.3 Å². The molecule has 0 aliphatic heterocycles. The molecule has 0 saturated carbocycles. The van der Waals surface area contributed by atoms with Crippen molar-refractivity contribution in [2.24, 2.45) is 0 Å². The summed E-state index contributed by atoms with van der Waals surface area (Å²) in [4.78, 5) is 25.0. The Bertz CT molecular complexity index is 946. The van der Waals surface area contributed by atoms with Gasteiger partial charge >= 0.3 is 6.61 Å². The molecule has 0 fully saturated rings. The van der Waals surface area contributed by atoms with Crippen molar-refractivity contribution in [2.75, 3.05) is 10.6 Å². The predicted octanol–water partition coefficient (Wildman–Crippen LogP) is 4.85. The van der Waals surface area contributed by atoms with Crippen molar-refractivity contribution in [3.63, 3.8) is 0 Å². The van der Waals surface area contributed by atoms with E-state index in [2.05, 4.69) is 15.4 Å². The minimum absolute atomic E-state index is 0.102. The van der Waals surface area contributed by atoms with Crippen molar-refractivity contribution in [1.82, 2.24) is 0 Å². The van der Waals surface area contributed by atoms with Crippen LogP contribution in [0.4, 0.5) is 20.2 Å². The zero-order chi connectivity index (χ0) is 19.2. The normalized spacial score (nSPS) is 10.5. The number of rotatable bonds is 6. The summed E-state index contributed by atoms with van der Waals surface area (Å²) in [6, 6.07) is 15.6. The van der Waals surface area contributed by atoms with Gasteiger partial charge in [-0.3, -0.25) is 9.59 Å². The molecule has 1 aromatic heterocycles. The Morgan fingerprint density at radius 1 is 0.889 bits per heavy atom. The molecule has 0 unspecified atom stereocenters. The van der Waals surface area contributed by atoms with Gasteiger partial charge in [-0.2, -0.15) is 8.78 Å². The van der Waals surface area contributed by atoms with Crippen molar-refractivity contribution < 1.29 is 23.1 Å². The number of carbonyl (C=O) groups excluding carboxylic acids is 2. The molecule has 3 rings (SSSR count). The van der Waals surface area contributed by atoms with Crippen LogP contribution in [0.1, 0.15) is 20.0 Å². The average molecular weight is 388 g/mol. The number of amides is 2. The second-order valence-electron chi connectivity index (χ2n) is 5.37. The first-order valence-electron chi connectivity index (χ1n) is 7.82. The number of nitrogens with one attached hydrogen (secondary N) is 2. The fourth-order valence-electron chi connectivity index (χ4n) is 2.29. The SMILES string of the molecule is O=C(Nc1cccc(NC(=O)c2cccs2)c1)c1cccc(OC(F)F)c1. The van der Waals surface area contributed by atoms with Crippen LogP contribution in [0, 0.1) is 0 Å². The van der Waals surface area contributed by atoms with E-state index in [0.717, 1.165) is 0 Å². The lowest BCUT2D eigenvalue weighted by atomic mass is 10.2. The Kier molecular flexibility index (Phi) is 5.77. The van der Waals surface area contributed by atoms with Crippen molar-refractivity contribution >= 4 is 34.5 Å². The van der Waals surface area contributed by atoms with Crippen LogP contribution < -0.4 is 15.4 Å². The maximum Gasteiger partial charge on any atom is 0.387 e. The zero-order valence-electron chi connectivity index (χ0n) is 13.8. The van der Waals surface area contributed by atoms with Gasteiger partial charge in [0.1, 0.15) is 5.75 Å².